The van der Waals surface area contributed by atoms with Crippen molar-refractivity contribution in [2.24, 2.45) is 11.7 Å². The topological polar surface area (TPSA) is 26.0 Å². The van der Waals surface area contributed by atoms with E-state index in [9.17, 15) is 0 Å². The highest BCUT2D eigenvalue weighted by Gasteiger charge is 2.03. The first kappa shape index (κ1) is 9.56. The second-order valence-corrected chi connectivity index (χ2v) is 3.54. The van der Waals surface area contributed by atoms with Gasteiger partial charge in [0.25, 0.3) is 0 Å². The summed E-state index contributed by atoms with van der Waals surface area (Å²) >= 11 is 5.98. The van der Waals surface area contributed by atoms with Gasteiger partial charge in [-0.15, -0.1) is 0 Å². The number of hydrogen-bond donors (Lipinski definition) is 1. The van der Waals surface area contributed by atoms with Crippen LogP contribution in [0.1, 0.15) is 12.5 Å². The van der Waals surface area contributed by atoms with Gasteiger partial charge in [-0.1, -0.05) is 36.7 Å². The lowest BCUT2D eigenvalue weighted by molar-refractivity contribution is 0.593. The Labute approximate surface area is 78.5 Å². The van der Waals surface area contributed by atoms with Crippen LogP contribution in [0.25, 0.3) is 0 Å². The fraction of sp³-hybridized carbons (Fsp3) is 0.400. The molecule has 1 atom stereocenters. The van der Waals surface area contributed by atoms with Crippen molar-refractivity contribution in [3.63, 3.8) is 0 Å². The Kier molecular flexibility index (Phi) is 3.57. The predicted molar refractivity (Wildman–Crippen MR) is 53.4 cm³/mol. The maximum Gasteiger partial charge on any atom is 0.0438 e. The van der Waals surface area contributed by atoms with E-state index in [0.717, 1.165) is 11.4 Å². The third kappa shape index (κ3) is 2.50. The fourth-order valence-electron chi connectivity index (χ4n) is 1.12. The summed E-state index contributed by atoms with van der Waals surface area (Å²) < 4.78 is 0. The Balaban J connectivity index is 2.69. The summed E-state index contributed by atoms with van der Waals surface area (Å²) in [5, 5.41) is 0.845. The molecule has 0 heterocycles. The largest absolute Gasteiger partial charge is 0.330 e. The lowest BCUT2D eigenvalue weighted by Crippen LogP contribution is -2.13. The van der Waals surface area contributed by atoms with Gasteiger partial charge < -0.3 is 5.73 Å². The zero-order chi connectivity index (χ0) is 8.97. The average molecular weight is 184 g/mol. The van der Waals surface area contributed by atoms with E-state index in [1.165, 1.54) is 5.56 Å². The first-order valence-electron chi connectivity index (χ1n) is 4.17. The van der Waals surface area contributed by atoms with Crippen molar-refractivity contribution in [2.45, 2.75) is 13.3 Å². The van der Waals surface area contributed by atoms with Gasteiger partial charge in [0.2, 0.25) is 0 Å². The van der Waals surface area contributed by atoms with Crippen LogP contribution in [-0.4, -0.2) is 6.54 Å². The first-order chi connectivity index (χ1) is 5.74. The molecule has 0 aliphatic rings. The molecule has 1 nitrogen and oxygen atoms in total. The molecule has 2 N–H and O–H groups in total. The molecule has 0 saturated heterocycles. The highest BCUT2D eigenvalue weighted by atomic mass is 35.5. The van der Waals surface area contributed by atoms with E-state index in [2.05, 4.69) is 13.0 Å². The van der Waals surface area contributed by atoms with E-state index >= 15 is 0 Å². The van der Waals surface area contributed by atoms with Crippen LogP contribution < -0.4 is 5.73 Å². The minimum absolute atomic E-state index is 0.505. The Morgan fingerprint density at radius 2 is 2.08 bits per heavy atom. The second-order valence-electron chi connectivity index (χ2n) is 3.14. The molecular formula is C10H14ClN. The average Bonchev–Trinajstić information content (AvgIpc) is 2.09. The molecule has 0 aliphatic carbocycles. The van der Waals surface area contributed by atoms with Crippen molar-refractivity contribution in [1.82, 2.24) is 0 Å². The first-order valence-corrected chi connectivity index (χ1v) is 4.55. The van der Waals surface area contributed by atoms with Crippen LogP contribution in [0.5, 0.6) is 0 Å². The lowest BCUT2D eigenvalue weighted by atomic mass is 10.0. The minimum Gasteiger partial charge on any atom is -0.330 e. The summed E-state index contributed by atoms with van der Waals surface area (Å²) in [7, 11) is 0. The standard InChI is InChI=1S/C10H14ClN/c1-8(7-12)6-9-4-2-3-5-10(9)11/h2-5,8H,6-7,12H2,1H3/t8-/m1/s1. The molecule has 1 aromatic rings. The summed E-state index contributed by atoms with van der Waals surface area (Å²) in [6.45, 7) is 2.84. The van der Waals surface area contributed by atoms with E-state index in [1.807, 2.05) is 18.2 Å². The Morgan fingerprint density at radius 3 is 2.67 bits per heavy atom. The zero-order valence-corrected chi connectivity index (χ0v) is 8.01. The van der Waals surface area contributed by atoms with Gasteiger partial charge in [-0.3, -0.25) is 0 Å². The van der Waals surface area contributed by atoms with Gasteiger partial charge in [0.05, 0.1) is 0 Å². The monoisotopic (exact) mass is 183 g/mol. The summed E-state index contributed by atoms with van der Waals surface area (Å²) in [6, 6.07) is 7.91. The lowest BCUT2D eigenvalue weighted by Gasteiger charge is -2.08. The second kappa shape index (κ2) is 4.48. The van der Waals surface area contributed by atoms with Crippen LogP contribution in [-0.2, 0) is 6.42 Å². The molecule has 0 aromatic heterocycles. The molecule has 0 spiro atoms. The Bertz CT molecular complexity index is 247. The molecule has 0 bridgehead atoms. The van der Waals surface area contributed by atoms with Crippen LogP contribution in [0.3, 0.4) is 0 Å². The maximum atomic E-state index is 5.98. The number of nitrogens with two attached hydrogens (primary N) is 1. The van der Waals surface area contributed by atoms with E-state index in [-0.39, 0.29) is 0 Å². The van der Waals surface area contributed by atoms with Crippen molar-refractivity contribution in [3.05, 3.63) is 34.9 Å². The molecule has 0 radical (unpaired) electrons. The van der Waals surface area contributed by atoms with Gasteiger partial charge in [-0.05, 0) is 30.5 Å². The molecule has 1 rings (SSSR count). The van der Waals surface area contributed by atoms with Crippen LogP contribution >= 0.6 is 11.6 Å². The van der Waals surface area contributed by atoms with Crippen LogP contribution in [0.2, 0.25) is 5.02 Å². The number of hydrogen-bond acceptors (Lipinski definition) is 1. The molecule has 0 saturated carbocycles. The molecule has 66 valence electrons. The van der Waals surface area contributed by atoms with E-state index in [1.54, 1.807) is 0 Å². The normalized spacial score (nSPS) is 12.9. The van der Waals surface area contributed by atoms with Crippen molar-refractivity contribution in [1.29, 1.82) is 0 Å². The molecular weight excluding hydrogens is 170 g/mol. The van der Waals surface area contributed by atoms with Crippen molar-refractivity contribution >= 4 is 11.6 Å². The molecule has 0 unspecified atom stereocenters. The Morgan fingerprint density at radius 1 is 1.42 bits per heavy atom. The summed E-state index contributed by atoms with van der Waals surface area (Å²) in [5.41, 5.74) is 6.72. The third-order valence-corrected chi connectivity index (χ3v) is 2.30. The molecule has 0 aliphatic heterocycles. The Hall–Kier alpha value is -0.530. The highest BCUT2D eigenvalue weighted by molar-refractivity contribution is 6.31. The SMILES string of the molecule is C[C@@H](CN)Cc1ccccc1Cl. The number of rotatable bonds is 3. The summed E-state index contributed by atoms with van der Waals surface area (Å²) in [6.07, 6.45) is 0.968. The summed E-state index contributed by atoms with van der Waals surface area (Å²) in [4.78, 5) is 0. The van der Waals surface area contributed by atoms with E-state index in [0.29, 0.717) is 12.5 Å². The predicted octanol–water partition coefficient (Wildman–Crippen LogP) is 2.48. The van der Waals surface area contributed by atoms with Crippen molar-refractivity contribution in [2.75, 3.05) is 6.54 Å². The van der Waals surface area contributed by atoms with E-state index < -0.39 is 0 Å². The van der Waals surface area contributed by atoms with Crippen LogP contribution in [0.15, 0.2) is 24.3 Å². The molecule has 12 heavy (non-hydrogen) atoms. The van der Waals surface area contributed by atoms with Crippen LogP contribution in [0, 0.1) is 5.92 Å². The number of halogens is 1. The van der Waals surface area contributed by atoms with E-state index in [4.69, 9.17) is 17.3 Å². The fourth-order valence-corrected chi connectivity index (χ4v) is 1.34. The van der Waals surface area contributed by atoms with Crippen molar-refractivity contribution in [3.8, 4) is 0 Å². The van der Waals surface area contributed by atoms with Gasteiger partial charge in [0.15, 0.2) is 0 Å². The van der Waals surface area contributed by atoms with Crippen LogP contribution in [0.4, 0.5) is 0 Å². The maximum absolute atomic E-state index is 5.98. The van der Waals surface area contributed by atoms with Gasteiger partial charge in [0, 0.05) is 5.02 Å². The zero-order valence-electron chi connectivity index (χ0n) is 7.26. The van der Waals surface area contributed by atoms with Gasteiger partial charge in [-0.25, -0.2) is 0 Å². The van der Waals surface area contributed by atoms with Gasteiger partial charge in [0.1, 0.15) is 0 Å². The minimum atomic E-state index is 0.505. The number of benzene rings is 1. The smallest absolute Gasteiger partial charge is 0.0438 e. The molecule has 2 heteroatoms. The molecule has 0 fully saturated rings. The molecule has 0 amide bonds. The third-order valence-electron chi connectivity index (χ3n) is 1.93. The summed E-state index contributed by atoms with van der Waals surface area (Å²) in [5.74, 6) is 0.505. The molecule has 1 aromatic carbocycles. The quantitative estimate of drug-likeness (QED) is 0.766. The highest BCUT2D eigenvalue weighted by Crippen LogP contribution is 2.17. The van der Waals surface area contributed by atoms with Gasteiger partial charge in [-0.2, -0.15) is 0 Å². The van der Waals surface area contributed by atoms with Gasteiger partial charge >= 0.3 is 0 Å². The van der Waals surface area contributed by atoms with Crippen molar-refractivity contribution < 1.29 is 0 Å².